The van der Waals surface area contributed by atoms with Crippen LogP contribution in [0.15, 0.2) is 48.5 Å². The summed E-state index contributed by atoms with van der Waals surface area (Å²) in [4.78, 5) is 0. The molecule has 102 valence electrons. The Morgan fingerprint density at radius 1 is 0.632 bits per heavy atom. The van der Waals surface area contributed by atoms with Crippen LogP contribution in [0.1, 0.15) is 34.1 Å². The van der Waals surface area contributed by atoms with Crippen molar-refractivity contribution in [2.45, 2.75) is 34.1 Å². The van der Waals surface area contributed by atoms with Crippen LogP contribution in [-0.4, -0.2) is 0 Å². The number of para-hydroxylation sites is 4. The third kappa shape index (κ3) is 4.02. The third-order valence-corrected chi connectivity index (χ3v) is 2.14. The van der Waals surface area contributed by atoms with Crippen LogP contribution in [-0.2, 0) is 0 Å². The molecule has 0 saturated carbocycles. The Hall–Kier alpha value is -1.96. The van der Waals surface area contributed by atoms with Crippen LogP contribution in [0.2, 0.25) is 0 Å². The topological polar surface area (TPSA) is 18.5 Å². The Morgan fingerprint density at radius 3 is 1.05 bits per heavy atom. The monoisotopic (exact) mass is 258 g/mol. The Labute approximate surface area is 116 Å². The Morgan fingerprint density at radius 2 is 0.842 bits per heavy atom. The van der Waals surface area contributed by atoms with E-state index in [1.54, 1.807) is 0 Å². The molecule has 2 heteroatoms. The molecule has 0 N–H and O–H groups in total. The van der Waals surface area contributed by atoms with E-state index in [0.717, 1.165) is 23.0 Å². The molecule has 0 unspecified atom stereocenters. The fraction of sp³-hybridized carbons (Fsp3) is 0.294. The van der Waals surface area contributed by atoms with Gasteiger partial charge in [0.15, 0.2) is 23.0 Å². The maximum Gasteiger partial charge on any atom is 0.170 e. The predicted molar refractivity (Wildman–Crippen MR) is 80.3 cm³/mol. The lowest BCUT2D eigenvalue weighted by Gasteiger charge is -2.19. The SMILES string of the molecule is CC.CCC.c1ccc2c(c1)Oc1ccccc1O2. The van der Waals surface area contributed by atoms with Crippen LogP contribution in [0.5, 0.6) is 23.0 Å². The lowest BCUT2D eigenvalue weighted by atomic mass is 10.2. The minimum Gasteiger partial charge on any atom is -0.450 e. The minimum absolute atomic E-state index is 0.770. The maximum absolute atomic E-state index is 5.65. The van der Waals surface area contributed by atoms with E-state index >= 15 is 0 Å². The van der Waals surface area contributed by atoms with Crippen molar-refractivity contribution in [3.63, 3.8) is 0 Å². The lowest BCUT2D eigenvalue weighted by molar-refractivity contribution is 0.359. The molecule has 0 saturated heterocycles. The molecular weight excluding hydrogens is 236 g/mol. The Kier molecular flexibility index (Phi) is 6.51. The second kappa shape index (κ2) is 8.20. The van der Waals surface area contributed by atoms with Crippen molar-refractivity contribution >= 4 is 0 Å². The van der Waals surface area contributed by atoms with Gasteiger partial charge in [-0.05, 0) is 24.3 Å². The fourth-order valence-electron chi connectivity index (χ4n) is 1.47. The highest BCUT2D eigenvalue weighted by atomic mass is 16.6. The second-order valence-corrected chi connectivity index (χ2v) is 3.80. The van der Waals surface area contributed by atoms with E-state index in [1.165, 1.54) is 6.42 Å². The van der Waals surface area contributed by atoms with Gasteiger partial charge in [-0.25, -0.2) is 0 Å². The summed E-state index contributed by atoms with van der Waals surface area (Å²) in [5, 5.41) is 0. The number of rotatable bonds is 0. The number of fused-ring (bicyclic) bond motifs is 2. The summed E-state index contributed by atoms with van der Waals surface area (Å²) in [5.74, 6) is 3.08. The van der Waals surface area contributed by atoms with Crippen LogP contribution in [0, 0.1) is 0 Å². The van der Waals surface area contributed by atoms with Crippen molar-refractivity contribution in [1.29, 1.82) is 0 Å². The zero-order valence-corrected chi connectivity index (χ0v) is 12.1. The molecule has 3 rings (SSSR count). The summed E-state index contributed by atoms with van der Waals surface area (Å²) in [7, 11) is 0. The van der Waals surface area contributed by atoms with Gasteiger partial charge in [0.2, 0.25) is 0 Å². The molecule has 2 aromatic carbocycles. The summed E-state index contributed by atoms with van der Waals surface area (Å²) in [6.07, 6.45) is 1.25. The summed E-state index contributed by atoms with van der Waals surface area (Å²) in [6.45, 7) is 8.25. The quantitative estimate of drug-likeness (QED) is 0.490. The number of hydrogen-bond acceptors (Lipinski definition) is 2. The molecule has 1 aliphatic rings. The van der Waals surface area contributed by atoms with Crippen molar-refractivity contribution in [1.82, 2.24) is 0 Å². The predicted octanol–water partition coefficient (Wildman–Crippen LogP) is 6.03. The molecular formula is C17H22O2. The summed E-state index contributed by atoms with van der Waals surface area (Å²) in [6, 6.07) is 15.3. The van der Waals surface area contributed by atoms with Crippen LogP contribution in [0.25, 0.3) is 0 Å². The van der Waals surface area contributed by atoms with Crippen LogP contribution in [0.3, 0.4) is 0 Å². The highest BCUT2D eigenvalue weighted by Crippen LogP contribution is 2.44. The minimum atomic E-state index is 0.770. The molecule has 0 aliphatic carbocycles. The van der Waals surface area contributed by atoms with Crippen LogP contribution < -0.4 is 9.47 Å². The van der Waals surface area contributed by atoms with Crippen molar-refractivity contribution < 1.29 is 9.47 Å². The Bertz CT molecular complexity index is 405. The highest BCUT2D eigenvalue weighted by molar-refractivity contribution is 5.53. The van der Waals surface area contributed by atoms with E-state index in [9.17, 15) is 0 Å². The molecule has 0 aromatic heterocycles. The molecule has 19 heavy (non-hydrogen) atoms. The lowest BCUT2D eigenvalue weighted by Crippen LogP contribution is -1.97. The van der Waals surface area contributed by atoms with Crippen molar-refractivity contribution in [2.75, 3.05) is 0 Å². The van der Waals surface area contributed by atoms with Gasteiger partial charge < -0.3 is 9.47 Å². The van der Waals surface area contributed by atoms with Gasteiger partial charge in [0.05, 0.1) is 0 Å². The first-order valence-electron chi connectivity index (χ1n) is 6.89. The molecule has 2 aromatic rings. The molecule has 1 heterocycles. The zero-order chi connectivity index (χ0) is 14.1. The first kappa shape index (κ1) is 15.1. The first-order valence-corrected chi connectivity index (χ1v) is 6.89. The summed E-state index contributed by atoms with van der Waals surface area (Å²) >= 11 is 0. The van der Waals surface area contributed by atoms with E-state index < -0.39 is 0 Å². The van der Waals surface area contributed by atoms with Crippen LogP contribution >= 0.6 is 0 Å². The fourth-order valence-corrected chi connectivity index (χ4v) is 1.47. The van der Waals surface area contributed by atoms with Gasteiger partial charge in [0, 0.05) is 0 Å². The van der Waals surface area contributed by atoms with Crippen LogP contribution in [0.4, 0.5) is 0 Å². The molecule has 1 aliphatic heterocycles. The van der Waals surface area contributed by atoms with Gasteiger partial charge in [-0.2, -0.15) is 0 Å². The molecule has 0 bridgehead atoms. The molecule has 0 spiro atoms. The van der Waals surface area contributed by atoms with Gasteiger partial charge in [-0.15, -0.1) is 0 Å². The average Bonchev–Trinajstić information content (AvgIpc) is 2.48. The van der Waals surface area contributed by atoms with Gasteiger partial charge in [-0.3, -0.25) is 0 Å². The second-order valence-electron chi connectivity index (χ2n) is 3.80. The van der Waals surface area contributed by atoms with Gasteiger partial charge in [0.1, 0.15) is 0 Å². The molecule has 0 fully saturated rings. The third-order valence-electron chi connectivity index (χ3n) is 2.14. The summed E-state index contributed by atoms with van der Waals surface area (Å²) in [5.41, 5.74) is 0. The molecule has 0 atom stereocenters. The van der Waals surface area contributed by atoms with Gasteiger partial charge in [0.25, 0.3) is 0 Å². The smallest absolute Gasteiger partial charge is 0.170 e. The van der Waals surface area contributed by atoms with E-state index in [0.29, 0.717) is 0 Å². The van der Waals surface area contributed by atoms with Crippen molar-refractivity contribution in [3.8, 4) is 23.0 Å². The van der Waals surface area contributed by atoms with E-state index in [4.69, 9.17) is 9.47 Å². The van der Waals surface area contributed by atoms with Crippen molar-refractivity contribution in [3.05, 3.63) is 48.5 Å². The molecule has 0 amide bonds. The molecule has 2 nitrogen and oxygen atoms in total. The average molecular weight is 258 g/mol. The van der Waals surface area contributed by atoms with Gasteiger partial charge >= 0.3 is 0 Å². The van der Waals surface area contributed by atoms with E-state index in [-0.39, 0.29) is 0 Å². The molecule has 0 radical (unpaired) electrons. The Balaban J connectivity index is 0.000000321. The maximum atomic E-state index is 5.65. The number of benzene rings is 2. The van der Waals surface area contributed by atoms with E-state index in [1.807, 2.05) is 62.4 Å². The first-order chi connectivity index (χ1) is 9.35. The van der Waals surface area contributed by atoms with Gasteiger partial charge in [-0.1, -0.05) is 58.4 Å². The number of ether oxygens (including phenoxy) is 2. The normalized spacial score (nSPS) is 10.1. The van der Waals surface area contributed by atoms with Crippen molar-refractivity contribution in [2.24, 2.45) is 0 Å². The van der Waals surface area contributed by atoms with E-state index in [2.05, 4.69) is 13.8 Å². The highest BCUT2D eigenvalue weighted by Gasteiger charge is 2.16. The summed E-state index contributed by atoms with van der Waals surface area (Å²) < 4.78 is 11.3. The largest absolute Gasteiger partial charge is 0.450 e. The standard InChI is InChI=1S/C12H8O2.C3H8.C2H6/c1-2-6-10-9(5-1)13-11-7-3-4-8-12(11)14-10;1-3-2;1-2/h1-8H;3H2,1-2H3;1-2H3. The zero-order valence-electron chi connectivity index (χ0n) is 12.1. The number of hydrogen-bond donors (Lipinski definition) is 0.